The fourth-order valence-electron chi connectivity index (χ4n) is 1.54. The summed E-state index contributed by atoms with van der Waals surface area (Å²) < 4.78 is 0. The summed E-state index contributed by atoms with van der Waals surface area (Å²) in [4.78, 5) is 0. The molecule has 1 aromatic rings. The Balaban J connectivity index is 2.02. The minimum atomic E-state index is -0.246. The number of hydrogen-bond acceptors (Lipinski definition) is 3. The first kappa shape index (κ1) is 10.4. The van der Waals surface area contributed by atoms with Gasteiger partial charge < -0.3 is 0 Å². The summed E-state index contributed by atoms with van der Waals surface area (Å²) in [6.45, 7) is 2.06. The normalized spacial score (nSPS) is 19.1. The number of rotatable bonds is 2. The molecule has 1 aliphatic rings. The zero-order valence-corrected chi connectivity index (χ0v) is 9.32. The maximum absolute atomic E-state index is 4.93. The molecule has 0 amide bonds. The molecule has 5 heteroatoms. The van der Waals surface area contributed by atoms with Gasteiger partial charge in [0, 0.05) is 6.42 Å². The molecule has 0 spiro atoms. The molecule has 1 aromatic carbocycles. The van der Waals surface area contributed by atoms with Crippen molar-refractivity contribution in [3.05, 3.63) is 35.9 Å². The van der Waals surface area contributed by atoms with E-state index in [4.69, 9.17) is 12.2 Å². The van der Waals surface area contributed by atoms with Crippen molar-refractivity contribution >= 4 is 17.3 Å². The van der Waals surface area contributed by atoms with E-state index in [1.165, 1.54) is 5.56 Å². The van der Waals surface area contributed by atoms with E-state index in [1.807, 2.05) is 18.2 Å². The van der Waals surface area contributed by atoms with Crippen LogP contribution in [-0.2, 0) is 6.42 Å². The summed E-state index contributed by atoms with van der Waals surface area (Å²) in [5, 5.41) is 0.556. The molecule has 1 fully saturated rings. The van der Waals surface area contributed by atoms with E-state index in [0.717, 1.165) is 6.42 Å². The fraction of sp³-hybridized carbons (Fsp3) is 0.300. The average Bonchev–Trinajstić information content (AvgIpc) is 2.24. The van der Waals surface area contributed by atoms with Crippen LogP contribution in [0.25, 0.3) is 0 Å². The number of hydrogen-bond donors (Lipinski definition) is 4. The molecule has 0 unspecified atom stereocenters. The fourth-order valence-corrected chi connectivity index (χ4v) is 1.65. The topological polar surface area (TPSA) is 48.1 Å². The highest BCUT2D eigenvalue weighted by atomic mass is 32.1. The van der Waals surface area contributed by atoms with Crippen molar-refractivity contribution in [3.63, 3.8) is 0 Å². The number of nitrogens with one attached hydrogen (secondary N) is 4. The minimum Gasteiger partial charge on any atom is -0.295 e. The van der Waals surface area contributed by atoms with Gasteiger partial charge in [-0.25, -0.2) is 10.9 Å². The Morgan fingerprint density at radius 1 is 1.13 bits per heavy atom. The number of thiocarbonyl (C=S) groups is 1. The van der Waals surface area contributed by atoms with Gasteiger partial charge in [-0.3, -0.25) is 10.9 Å². The van der Waals surface area contributed by atoms with Crippen LogP contribution < -0.4 is 21.7 Å². The SMILES string of the molecule is CC1(Cc2ccccc2)NNC(=S)NN1. The summed E-state index contributed by atoms with van der Waals surface area (Å²) in [5.41, 5.74) is 13.1. The van der Waals surface area contributed by atoms with E-state index >= 15 is 0 Å². The molecule has 15 heavy (non-hydrogen) atoms. The molecule has 0 radical (unpaired) electrons. The van der Waals surface area contributed by atoms with E-state index in [9.17, 15) is 0 Å². The molecule has 0 atom stereocenters. The van der Waals surface area contributed by atoms with Crippen molar-refractivity contribution in [1.82, 2.24) is 21.7 Å². The van der Waals surface area contributed by atoms with Crippen molar-refractivity contribution in [3.8, 4) is 0 Å². The Bertz CT molecular complexity index is 342. The summed E-state index contributed by atoms with van der Waals surface area (Å²) in [5.74, 6) is 0. The van der Waals surface area contributed by atoms with Crippen LogP contribution in [0, 0.1) is 0 Å². The van der Waals surface area contributed by atoms with Crippen LogP contribution in [0.4, 0.5) is 0 Å². The van der Waals surface area contributed by atoms with Gasteiger partial charge in [-0.15, -0.1) is 0 Å². The zero-order valence-electron chi connectivity index (χ0n) is 8.50. The third kappa shape index (κ3) is 2.65. The number of hydrazine groups is 2. The molecule has 0 aromatic heterocycles. The Kier molecular flexibility index (Phi) is 2.86. The third-order valence-corrected chi connectivity index (χ3v) is 2.51. The van der Waals surface area contributed by atoms with Crippen molar-refractivity contribution in [2.75, 3.05) is 0 Å². The van der Waals surface area contributed by atoms with E-state index < -0.39 is 0 Å². The first-order valence-electron chi connectivity index (χ1n) is 4.82. The van der Waals surface area contributed by atoms with Gasteiger partial charge in [0.15, 0.2) is 5.11 Å². The van der Waals surface area contributed by atoms with Crippen molar-refractivity contribution in [2.24, 2.45) is 0 Å². The second-order valence-electron chi connectivity index (χ2n) is 3.82. The van der Waals surface area contributed by atoms with E-state index in [1.54, 1.807) is 0 Å². The molecular formula is C10H14N4S. The van der Waals surface area contributed by atoms with E-state index in [0.29, 0.717) is 5.11 Å². The predicted molar refractivity (Wildman–Crippen MR) is 63.7 cm³/mol. The zero-order chi connectivity index (χ0) is 10.7. The standard InChI is InChI=1S/C10H14N4S/c1-10(13-11-9(15)12-14-10)7-8-5-3-2-4-6-8/h2-6,13-14H,7H2,1H3,(H2,11,12,15). The second-order valence-corrected chi connectivity index (χ2v) is 4.23. The van der Waals surface area contributed by atoms with Gasteiger partial charge in [0.1, 0.15) is 5.66 Å². The van der Waals surface area contributed by atoms with E-state index in [-0.39, 0.29) is 5.66 Å². The lowest BCUT2D eigenvalue weighted by Crippen LogP contribution is -2.73. The summed E-state index contributed by atoms with van der Waals surface area (Å²) in [6.07, 6.45) is 0.858. The average molecular weight is 222 g/mol. The first-order valence-corrected chi connectivity index (χ1v) is 5.23. The quantitative estimate of drug-likeness (QED) is 0.547. The predicted octanol–water partition coefficient (Wildman–Crippen LogP) is 0.432. The summed E-state index contributed by atoms with van der Waals surface area (Å²) in [7, 11) is 0. The lowest BCUT2D eigenvalue weighted by molar-refractivity contribution is 0.225. The third-order valence-electron chi connectivity index (χ3n) is 2.30. The molecule has 0 aliphatic carbocycles. The minimum absolute atomic E-state index is 0.246. The highest BCUT2D eigenvalue weighted by Crippen LogP contribution is 2.10. The van der Waals surface area contributed by atoms with Gasteiger partial charge in [-0.1, -0.05) is 30.3 Å². The van der Waals surface area contributed by atoms with Crippen molar-refractivity contribution < 1.29 is 0 Å². The second kappa shape index (κ2) is 4.14. The van der Waals surface area contributed by atoms with Gasteiger partial charge in [-0.2, -0.15) is 0 Å². The maximum atomic E-state index is 4.93. The lowest BCUT2D eigenvalue weighted by atomic mass is 10.0. The van der Waals surface area contributed by atoms with Gasteiger partial charge >= 0.3 is 0 Å². The van der Waals surface area contributed by atoms with Crippen LogP contribution in [0.1, 0.15) is 12.5 Å². The molecule has 1 saturated heterocycles. The molecule has 0 saturated carbocycles. The van der Waals surface area contributed by atoms with E-state index in [2.05, 4.69) is 40.8 Å². The van der Waals surface area contributed by atoms with Gasteiger partial charge in [-0.05, 0) is 24.7 Å². The Hall–Kier alpha value is -1.17. The molecular weight excluding hydrogens is 208 g/mol. The molecule has 2 rings (SSSR count). The monoisotopic (exact) mass is 222 g/mol. The van der Waals surface area contributed by atoms with Gasteiger partial charge in [0.05, 0.1) is 0 Å². The van der Waals surface area contributed by atoms with Crippen LogP contribution in [-0.4, -0.2) is 10.8 Å². The smallest absolute Gasteiger partial charge is 0.195 e. The van der Waals surface area contributed by atoms with Gasteiger partial charge in [0.25, 0.3) is 0 Å². The summed E-state index contributed by atoms with van der Waals surface area (Å²) >= 11 is 4.93. The first-order chi connectivity index (χ1) is 7.18. The van der Waals surface area contributed by atoms with Crippen molar-refractivity contribution in [2.45, 2.75) is 19.0 Å². The Labute approximate surface area is 94.4 Å². The molecule has 1 aliphatic heterocycles. The Morgan fingerprint density at radius 2 is 1.73 bits per heavy atom. The van der Waals surface area contributed by atoms with Crippen molar-refractivity contribution in [1.29, 1.82) is 0 Å². The molecule has 80 valence electrons. The van der Waals surface area contributed by atoms with Crippen LogP contribution in [0.15, 0.2) is 30.3 Å². The van der Waals surface area contributed by atoms with Gasteiger partial charge in [0.2, 0.25) is 0 Å². The molecule has 4 N–H and O–H groups in total. The van der Waals surface area contributed by atoms with Crippen LogP contribution in [0.2, 0.25) is 0 Å². The number of benzene rings is 1. The molecule has 0 bridgehead atoms. The van der Waals surface area contributed by atoms with Crippen LogP contribution in [0.3, 0.4) is 0 Å². The molecule has 4 nitrogen and oxygen atoms in total. The van der Waals surface area contributed by atoms with Crippen LogP contribution in [0.5, 0.6) is 0 Å². The molecule has 1 heterocycles. The largest absolute Gasteiger partial charge is 0.295 e. The Morgan fingerprint density at radius 3 is 2.33 bits per heavy atom. The lowest BCUT2D eigenvalue weighted by Gasteiger charge is -2.37. The highest BCUT2D eigenvalue weighted by Gasteiger charge is 2.27. The maximum Gasteiger partial charge on any atom is 0.195 e. The summed E-state index contributed by atoms with van der Waals surface area (Å²) in [6, 6.07) is 10.3. The van der Waals surface area contributed by atoms with Crippen LogP contribution >= 0.6 is 12.2 Å². The highest BCUT2D eigenvalue weighted by molar-refractivity contribution is 7.80.